The van der Waals surface area contributed by atoms with E-state index in [2.05, 4.69) is 174 Å². The molecular weight excluding hydrogens is 801 g/mol. The van der Waals surface area contributed by atoms with Crippen molar-refractivity contribution in [2.75, 3.05) is 0 Å². The molecule has 5 nitrogen and oxygen atoms in total. The molecule has 6 heteroatoms. The third kappa shape index (κ3) is 4.86. The molecule has 0 fully saturated rings. The minimum absolute atomic E-state index is 0.621. The highest BCUT2D eigenvalue weighted by Crippen LogP contribution is 2.63. The molecule has 3 aromatic heterocycles. The molecule has 0 unspecified atom stereocenters. The summed E-state index contributed by atoms with van der Waals surface area (Å²) in [6.45, 7) is 0. The van der Waals surface area contributed by atoms with Gasteiger partial charge < -0.3 is 9.30 Å². The molecule has 0 atom stereocenters. The fourth-order valence-electron chi connectivity index (χ4n) is 10.7. The number of benzene rings is 9. The molecule has 0 saturated carbocycles. The smallest absolute Gasteiger partial charge is 0.164 e. The number of para-hydroxylation sites is 3. The molecule has 1 aliphatic carbocycles. The van der Waals surface area contributed by atoms with Crippen molar-refractivity contribution in [3.63, 3.8) is 0 Å². The van der Waals surface area contributed by atoms with E-state index in [1.165, 1.54) is 47.5 Å². The Labute approximate surface area is 372 Å². The first kappa shape index (κ1) is 35.4. The van der Waals surface area contributed by atoms with Crippen LogP contribution < -0.4 is 4.74 Å². The summed E-state index contributed by atoms with van der Waals surface area (Å²) in [6.07, 6.45) is 0. The highest BCUT2D eigenvalue weighted by atomic mass is 32.1. The van der Waals surface area contributed by atoms with E-state index in [-0.39, 0.29) is 0 Å². The van der Waals surface area contributed by atoms with Crippen molar-refractivity contribution in [1.29, 1.82) is 0 Å². The van der Waals surface area contributed by atoms with Crippen LogP contribution in [0.2, 0.25) is 0 Å². The normalized spacial score (nSPS) is 13.2. The van der Waals surface area contributed by atoms with Crippen LogP contribution in [-0.2, 0) is 5.41 Å². The van der Waals surface area contributed by atoms with Crippen LogP contribution in [0.25, 0.3) is 93.0 Å². The van der Waals surface area contributed by atoms with E-state index in [0.717, 1.165) is 61.7 Å². The van der Waals surface area contributed by atoms with Gasteiger partial charge in [-0.1, -0.05) is 164 Å². The lowest BCUT2D eigenvalue weighted by molar-refractivity contribution is 0.436. The fraction of sp³-hybridized carbons (Fsp3) is 0.0172. The maximum absolute atomic E-state index is 6.74. The van der Waals surface area contributed by atoms with E-state index >= 15 is 0 Å². The van der Waals surface area contributed by atoms with Crippen LogP contribution in [0.1, 0.15) is 22.3 Å². The second kappa shape index (κ2) is 13.4. The SMILES string of the molecule is c1ccc(-c2nc(-c3ccccc3)nc(-c3cccc4c3-c3cc(-n5c6ccccc6c6c7sc8ccccc8c7ccc65)ccc3C43c4ccccc4Oc4ccccc43)n2)cc1. The van der Waals surface area contributed by atoms with Gasteiger partial charge in [-0.15, -0.1) is 11.3 Å². The molecule has 298 valence electrons. The zero-order chi connectivity index (χ0) is 41.9. The largest absolute Gasteiger partial charge is 0.457 e. The lowest BCUT2D eigenvalue weighted by Crippen LogP contribution is -2.32. The molecular formula is C58H34N4OS. The maximum Gasteiger partial charge on any atom is 0.164 e. The minimum Gasteiger partial charge on any atom is -0.457 e. The second-order valence-corrected chi connectivity index (χ2v) is 17.7. The summed E-state index contributed by atoms with van der Waals surface area (Å²) in [5.41, 5.74) is 12.4. The Morgan fingerprint density at radius 1 is 0.422 bits per heavy atom. The average Bonchev–Trinajstić information content (AvgIpc) is 4.01. The van der Waals surface area contributed by atoms with E-state index in [1.807, 2.05) is 47.7 Å². The number of fused-ring (bicyclic) bond motifs is 16. The molecule has 0 N–H and O–H groups in total. The first-order valence-electron chi connectivity index (χ1n) is 21.6. The van der Waals surface area contributed by atoms with Crippen molar-refractivity contribution in [1.82, 2.24) is 19.5 Å². The Hall–Kier alpha value is -8.19. The van der Waals surface area contributed by atoms with Gasteiger partial charge in [0.1, 0.15) is 11.5 Å². The average molecular weight is 835 g/mol. The van der Waals surface area contributed by atoms with Crippen molar-refractivity contribution in [3.8, 4) is 62.5 Å². The summed E-state index contributed by atoms with van der Waals surface area (Å²) < 4.78 is 11.8. The standard InChI is InChI=1S/C58H34N4OS/c1-3-16-35(17-4-1)55-59-56(36-18-5-2-6-19-36)61-57(60-55)41-22-15-25-46-52(41)42-34-37(30-32-43(42)58(46)44-23-9-12-27-49(44)63-50-28-13-10-24-45(50)58)62-47-26-11-7-21-40(47)53-48(62)33-31-39-38-20-8-14-29-51(38)64-54(39)53/h1-34H. The topological polar surface area (TPSA) is 52.8 Å². The van der Waals surface area contributed by atoms with Gasteiger partial charge >= 0.3 is 0 Å². The molecule has 12 aromatic rings. The summed E-state index contributed by atoms with van der Waals surface area (Å²) in [6, 6.07) is 73.5. The number of thiophene rings is 1. The van der Waals surface area contributed by atoms with E-state index in [9.17, 15) is 0 Å². The summed E-state index contributed by atoms with van der Waals surface area (Å²) in [5.74, 6) is 3.58. The van der Waals surface area contributed by atoms with Crippen molar-refractivity contribution in [2.24, 2.45) is 0 Å². The van der Waals surface area contributed by atoms with Crippen molar-refractivity contribution in [3.05, 3.63) is 229 Å². The maximum atomic E-state index is 6.74. The molecule has 1 spiro atoms. The first-order chi connectivity index (χ1) is 31.7. The third-order valence-electron chi connectivity index (χ3n) is 13.3. The van der Waals surface area contributed by atoms with Gasteiger partial charge in [0, 0.05) is 64.4 Å². The third-order valence-corrected chi connectivity index (χ3v) is 14.5. The van der Waals surface area contributed by atoms with Crippen LogP contribution >= 0.6 is 11.3 Å². The lowest BCUT2D eigenvalue weighted by atomic mass is 9.66. The zero-order valence-corrected chi connectivity index (χ0v) is 35.1. The highest BCUT2D eigenvalue weighted by Gasteiger charge is 2.52. The van der Waals surface area contributed by atoms with Crippen LogP contribution in [0.15, 0.2) is 206 Å². The predicted octanol–water partition coefficient (Wildman–Crippen LogP) is 14.8. The highest BCUT2D eigenvalue weighted by molar-refractivity contribution is 7.26. The van der Waals surface area contributed by atoms with E-state index in [0.29, 0.717) is 17.5 Å². The second-order valence-electron chi connectivity index (χ2n) is 16.6. The molecule has 4 heterocycles. The van der Waals surface area contributed by atoms with Gasteiger partial charge in [0.25, 0.3) is 0 Å². The molecule has 1 aliphatic heterocycles. The Bertz CT molecular complexity index is 3790. The Balaban J connectivity index is 1.09. The number of nitrogens with zero attached hydrogens (tertiary/aromatic N) is 4. The fourth-order valence-corrected chi connectivity index (χ4v) is 12.0. The van der Waals surface area contributed by atoms with Crippen LogP contribution in [-0.4, -0.2) is 19.5 Å². The molecule has 0 saturated heterocycles. The van der Waals surface area contributed by atoms with Crippen LogP contribution in [0.3, 0.4) is 0 Å². The molecule has 0 bridgehead atoms. The van der Waals surface area contributed by atoms with Gasteiger partial charge in [-0.25, -0.2) is 15.0 Å². The minimum atomic E-state index is -0.688. The van der Waals surface area contributed by atoms with E-state index in [4.69, 9.17) is 19.7 Å². The number of hydrogen-bond donors (Lipinski definition) is 0. The molecule has 64 heavy (non-hydrogen) atoms. The van der Waals surface area contributed by atoms with Crippen molar-refractivity contribution in [2.45, 2.75) is 5.41 Å². The van der Waals surface area contributed by atoms with Crippen molar-refractivity contribution < 1.29 is 4.74 Å². The van der Waals surface area contributed by atoms with Gasteiger partial charge in [0.2, 0.25) is 0 Å². The number of rotatable bonds is 4. The van der Waals surface area contributed by atoms with Gasteiger partial charge in [0.05, 0.1) is 16.4 Å². The summed E-state index contributed by atoms with van der Waals surface area (Å²) in [5, 5.41) is 5.12. The Morgan fingerprint density at radius 3 is 1.77 bits per heavy atom. The number of hydrogen-bond acceptors (Lipinski definition) is 5. The van der Waals surface area contributed by atoms with Crippen LogP contribution in [0.4, 0.5) is 0 Å². The quantitative estimate of drug-likeness (QED) is 0.177. The predicted molar refractivity (Wildman–Crippen MR) is 261 cm³/mol. The lowest BCUT2D eigenvalue weighted by Gasteiger charge is -2.39. The Morgan fingerprint density at radius 2 is 1.03 bits per heavy atom. The number of aromatic nitrogens is 4. The Kier molecular flexibility index (Phi) is 7.42. The van der Waals surface area contributed by atoms with E-state index < -0.39 is 5.41 Å². The molecule has 0 radical (unpaired) electrons. The molecule has 14 rings (SSSR count). The van der Waals surface area contributed by atoms with Gasteiger partial charge in [-0.05, 0) is 64.7 Å². The molecule has 2 aliphatic rings. The van der Waals surface area contributed by atoms with Gasteiger partial charge in [0.15, 0.2) is 17.5 Å². The number of ether oxygens (including phenoxy) is 1. The summed E-state index contributed by atoms with van der Waals surface area (Å²) in [4.78, 5) is 15.7. The van der Waals surface area contributed by atoms with E-state index in [1.54, 1.807) is 0 Å². The van der Waals surface area contributed by atoms with Gasteiger partial charge in [-0.3, -0.25) is 0 Å². The molecule has 0 amide bonds. The van der Waals surface area contributed by atoms with Crippen molar-refractivity contribution >= 4 is 53.3 Å². The zero-order valence-electron chi connectivity index (χ0n) is 34.2. The van der Waals surface area contributed by atoms with Gasteiger partial charge in [-0.2, -0.15) is 0 Å². The molecule has 9 aromatic carbocycles. The summed E-state index contributed by atoms with van der Waals surface area (Å²) >= 11 is 1.88. The van der Waals surface area contributed by atoms with Crippen LogP contribution in [0.5, 0.6) is 11.5 Å². The van der Waals surface area contributed by atoms with Crippen LogP contribution in [0, 0.1) is 0 Å². The monoisotopic (exact) mass is 834 g/mol. The first-order valence-corrected chi connectivity index (χ1v) is 22.4. The summed E-state index contributed by atoms with van der Waals surface area (Å²) in [7, 11) is 0.